The van der Waals surface area contributed by atoms with Crippen molar-refractivity contribution in [3.63, 3.8) is 0 Å². The van der Waals surface area contributed by atoms with Crippen LogP contribution in [0, 0.1) is 35.5 Å². The summed E-state index contributed by atoms with van der Waals surface area (Å²) in [6.07, 6.45) is 5.77. The molecule has 5 rings (SSSR count). The van der Waals surface area contributed by atoms with E-state index in [-0.39, 0.29) is 41.7 Å². The van der Waals surface area contributed by atoms with E-state index in [1.807, 2.05) is 0 Å². The normalized spacial score (nSPS) is 32.1. The number of thioether (sulfide) groups is 1. The molecule has 5 fully saturated rings. The van der Waals surface area contributed by atoms with Crippen molar-refractivity contribution >= 4 is 32.0 Å². The molecule has 0 aromatic heterocycles. The van der Waals surface area contributed by atoms with Crippen molar-refractivity contribution in [3.05, 3.63) is 0 Å². The van der Waals surface area contributed by atoms with Gasteiger partial charge >= 0.3 is 39.4 Å². The van der Waals surface area contributed by atoms with Gasteiger partial charge < -0.3 is 9.11 Å². The second-order valence-corrected chi connectivity index (χ2v) is 15.1. The average Bonchev–Trinajstić information content (AvgIpc) is 3.64. The average molecular weight is 695 g/mol. The molecule has 0 aromatic rings. The zero-order valence-corrected chi connectivity index (χ0v) is 24.6. The maximum Gasteiger partial charge on any atom is 2.00 e. The maximum absolute atomic E-state index is 13.5. The van der Waals surface area contributed by atoms with E-state index in [0.29, 0.717) is 38.5 Å². The van der Waals surface area contributed by atoms with Crippen LogP contribution in [0.15, 0.2) is 0 Å². The Bertz CT molecular complexity index is 1000. The summed E-state index contributed by atoms with van der Waals surface area (Å²) >= 11 is 2.07. The van der Waals surface area contributed by atoms with Gasteiger partial charge in [-0.3, -0.25) is 0 Å². The van der Waals surface area contributed by atoms with Crippen molar-refractivity contribution in [2.75, 3.05) is 11.5 Å². The van der Waals surface area contributed by atoms with Crippen LogP contribution in [-0.4, -0.2) is 59.8 Å². The van der Waals surface area contributed by atoms with E-state index in [1.165, 1.54) is 24.3 Å². The molecule has 0 N–H and O–H groups in total. The molecule has 5 aliphatic rings. The Morgan fingerprint density at radius 1 is 0.575 bits per heavy atom. The van der Waals surface area contributed by atoms with E-state index in [4.69, 9.17) is 0 Å². The van der Waals surface area contributed by atoms with Crippen LogP contribution in [0.2, 0.25) is 0 Å². The van der Waals surface area contributed by atoms with Crippen LogP contribution in [-0.2, 0) is 37.3 Å². The predicted molar refractivity (Wildman–Crippen MR) is 124 cm³/mol. The number of alkyl halides is 8. The zero-order chi connectivity index (χ0) is 29.7. The summed E-state index contributed by atoms with van der Waals surface area (Å²) in [6.45, 7) is 0. The molecule has 0 radical (unpaired) electrons. The van der Waals surface area contributed by atoms with Crippen molar-refractivity contribution in [2.45, 2.75) is 86.6 Å². The Kier molecular flexibility index (Phi) is 11.5. The number of rotatable bonds is 6. The van der Waals surface area contributed by atoms with E-state index >= 15 is 0 Å². The SMILES string of the molecule is C1CCSC1.O=S(=O)([O-])C(F)(F)C(F)(F)C1CC2CCC1C2.O=S(=O)([O-])C(F)(F)C(F)(F)C1CC2CCC1C2.[Fe+2]. The second-order valence-electron chi connectivity index (χ2n) is 11.1. The quantitative estimate of drug-likeness (QED) is 0.193. The van der Waals surface area contributed by atoms with Gasteiger partial charge in [-0.1, -0.05) is 12.8 Å². The van der Waals surface area contributed by atoms with E-state index < -0.39 is 66.3 Å². The molecule has 1 aliphatic heterocycles. The minimum absolute atomic E-state index is 0. The van der Waals surface area contributed by atoms with Gasteiger partial charge in [-0.15, -0.1) is 0 Å². The fourth-order valence-electron chi connectivity index (χ4n) is 6.65. The fraction of sp³-hybridized carbons (Fsp3) is 1.00. The molecule has 0 amide bonds. The molecule has 6 unspecified atom stereocenters. The van der Waals surface area contributed by atoms with Crippen molar-refractivity contribution in [1.29, 1.82) is 0 Å². The first-order valence-corrected chi connectivity index (χ1v) is 16.6. The molecule has 1 saturated heterocycles. The maximum atomic E-state index is 13.5. The van der Waals surface area contributed by atoms with Crippen LogP contribution in [0.4, 0.5) is 35.1 Å². The summed E-state index contributed by atoms with van der Waals surface area (Å²) in [4.78, 5) is 0. The molecule has 6 nitrogen and oxygen atoms in total. The first kappa shape index (κ1) is 36.3. The Labute approximate surface area is 243 Å². The predicted octanol–water partition coefficient (Wildman–Crippen LogP) is 5.90. The van der Waals surface area contributed by atoms with Gasteiger partial charge in [0.25, 0.3) is 0 Å². The van der Waals surface area contributed by atoms with Crippen LogP contribution in [0.5, 0.6) is 0 Å². The van der Waals surface area contributed by atoms with Crippen LogP contribution in [0.1, 0.15) is 64.2 Å². The molecule has 236 valence electrons. The van der Waals surface area contributed by atoms with Crippen molar-refractivity contribution in [2.24, 2.45) is 35.5 Å². The van der Waals surface area contributed by atoms with Gasteiger partial charge in [-0.2, -0.15) is 46.9 Å². The number of fused-ring (bicyclic) bond motifs is 4. The third kappa shape index (κ3) is 6.92. The smallest absolute Gasteiger partial charge is 0.743 e. The van der Waals surface area contributed by atoms with Gasteiger partial charge in [0.05, 0.1) is 0 Å². The Morgan fingerprint density at radius 3 is 1.07 bits per heavy atom. The molecular weight excluding hydrogens is 664 g/mol. The summed E-state index contributed by atoms with van der Waals surface area (Å²) < 4.78 is 168. The first-order chi connectivity index (χ1) is 17.6. The first-order valence-electron chi connectivity index (χ1n) is 12.6. The number of halogens is 8. The van der Waals surface area contributed by atoms with Crippen LogP contribution in [0.25, 0.3) is 0 Å². The zero-order valence-electron chi connectivity index (χ0n) is 21.0. The van der Waals surface area contributed by atoms with E-state index in [1.54, 1.807) is 0 Å². The van der Waals surface area contributed by atoms with E-state index in [2.05, 4.69) is 11.8 Å². The summed E-state index contributed by atoms with van der Waals surface area (Å²) in [6, 6.07) is 0. The van der Waals surface area contributed by atoms with Gasteiger partial charge in [0.1, 0.15) is 0 Å². The fourth-order valence-corrected chi connectivity index (χ4v) is 8.64. The van der Waals surface area contributed by atoms with Crippen molar-refractivity contribution < 1.29 is 78.1 Å². The third-order valence-corrected chi connectivity index (χ3v) is 11.6. The van der Waals surface area contributed by atoms with Crippen LogP contribution in [0.3, 0.4) is 0 Å². The number of hydrogen-bond donors (Lipinski definition) is 0. The largest absolute Gasteiger partial charge is 2.00 e. The summed E-state index contributed by atoms with van der Waals surface area (Å²) in [5.74, 6) is -11.4. The van der Waals surface area contributed by atoms with Gasteiger partial charge in [0.15, 0.2) is 20.2 Å². The monoisotopic (exact) mass is 694 g/mol. The second kappa shape index (κ2) is 12.6. The number of hydrogen-bond acceptors (Lipinski definition) is 7. The minimum Gasteiger partial charge on any atom is -0.743 e. The van der Waals surface area contributed by atoms with Gasteiger partial charge in [0.2, 0.25) is 0 Å². The molecule has 40 heavy (non-hydrogen) atoms. The molecule has 0 aromatic carbocycles. The Balaban J connectivity index is 0.000000233. The molecule has 6 atom stereocenters. The summed E-state index contributed by atoms with van der Waals surface area (Å²) in [5.41, 5.74) is 0. The molecule has 1 heterocycles. The van der Waals surface area contributed by atoms with Crippen LogP contribution < -0.4 is 0 Å². The summed E-state index contributed by atoms with van der Waals surface area (Å²) in [5, 5.41) is -11.0. The van der Waals surface area contributed by atoms with Crippen molar-refractivity contribution in [3.8, 4) is 0 Å². The minimum atomic E-state index is -6.35. The molecule has 4 aliphatic carbocycles. The van der Waals surface area contributed by atoms with Crippen LogP contribution >= 0.6 is 11.8 Å². The van der Waals surface area contributed by atoms with Gasteiger partial charge in [-0.25, -0.2) is 16.8 Å². The van der Waals surface area contributed by atoms with Gasteiger partial charge in [-0.05, 0) is 86.5 Å². The van der Waals surface area contributed by atoms with Crippen molar-refractivity contribution in [1.82, 2.24) is 0 Å². The van der Waals surface area contributed by atoms with E-state index in [9.17, 15) is 61.1 Å². The summed E-state index contributed by atoms with van der Waals surface area (Å²) in [7, 11) is -12.7. The molecule has 18 heteroatoms. The van der Waals surface area contributed by atoms with E-state index in [0.717, 1.165) is 0 Å². The third-order valence-electron chi connectivity index (χ3n) is 8.64. The molecular formula is C22H30F8FeO6S3. The molecule has 4 bridgehead atoms. The standard InChI is InChI=1S/2C9H12F4O3S.C4H8S.Fe/c2*10-8(11,9(12,13)17(14,15)16)7-4-5-1-2-6(7)3-5;1-2-4-5-3-1;/h2*5-7H,1-4H2,(H,14,15,16);1-4H2;/q;;;+2/p-2. The Morgan fingerprint density at radius 2 is 0.900 bits per heavy atom. The molecule has 0 spiro atoms. The topological polar surface area (TPSA) is 114 Å². The van der Waals surface area contributed by atoms with Gasteiger partial charge in [0, 0.05) is 11.8 Å². The Hall–Kier alpha value is 0.129. The molecule has 4 saturated carbocycles.